The van der Waals surface area contributed by atoms with Gasteiger partial charge in [-0.2, -0.15) is 0 Å². The maximum absolute atomic E-state index is 13.2. The molecule has 1 aliphatic rings. The molecule has 3 nitrogen and oxygen atoms in total. The zero-order chi connectivity index (χ0) is 19.7. The van der Waals surface area contributed by atoms with Gasteiger partial charge in [0.2, 0.25) is 0 Å². The van der Waals surface area contributed by atoms with E-state index in [1.54, 1.807) is 18.4 Å². The summed E-state index contributed by atoms with van der Waals surface area (Å²) in [7, 11) is 1.66. The van der Waals surface area contributed by atoms with Crippen LogP contribution in [0.2, 0.25) is 0 Å². The molecule has 1 unspecified atom stereocenters. The Morgan fingerprint density at radius 3 is 2.29 bits per heavy atom. The molecular formula is C24H23NO2S. The van der Waals surface area contributed by atoms with Crippen molar-refractivity contribution in [3.8, 4) is 5.75 Å². The minimum Gasteiger partial charge on any atom is -0.497 e. The van der Waals surface area contributed by atoms with E-state index in [1.807, 2.05) is 62.4 Å². The van der Waals surface area contributed by atoms with Gasteiger partial charge in [-0.1, -0.05) is 36.4 Å². The third kappa shape index (κ3) is 3.14. The average Bonchev–Trinajstić information content (AvgIpc) is 3.26. The van der Waals surface area contributed by atoms with E-state index in [0.717, 1.165) is 33.0 Å². The normalized spacial score (nSPS) is 16.5. The Morgan fingerprint density at radius 1 is 0.964 bits per heavy atom. The van der Waals surface area contributed by atoms with Crippen molar-refractivity contribution < 1.29 is 9.53 Å². The Labute approximate surface area is 169 Å². The third-order valence-corrected chi connectivity index (χ3v) is 6.22. The molecule has 142 valence electrons. The Morgan fingerprint density at radius 2 is 1.68 bits per heavy atom. The average molecular weight is 390 g/mol. The zero-order valence-electron chi connectivity index (χ0n) is 16.2. The van der Waals surface area contributed by atoms with E-state index in [4.69, 9.17) is 4.74 Å². The number of nitrogens with one attached hydrogen (secondary N) is 1. The van der Waals surface area contributed by atoms with Crippen molar-refractivity contribution in [2.75, 3.05) is 12.4 Å². The van der Waals surface area contributed by atoms with Crippen LogP contribution in [-0.2, 0) is 4.79 Å². The molecule has 0 aliphatic heterocycles. The van der Waals surface area contributed by atoms with E-state index in [-0.39, 0.29) is 11.8 Å². The van der Waals surface area contributed by atoms with E-state index in [0.29, 0.717) is 0 Å². The molecule has 1 atom stereocenters. The highest BCUT2D eigenvalue weighted by molar-refractivity contribution is 7.10. The number of carbonyl (C=O) groups excluding carboxylic acids is 1. The molecule has 0 bridgehead atoms. The highest BCUT2D eigenvalue weighted by Gasteiger charge is 2.49. The lowest BCUT2D eigenvalue weighted by Gasteiger charge is -2.42. The number of thiophene rings is 1. The second-order valence-electron chi connectivity index (χ2n) is 7.43. The van der Waals surface area contributed by atoms with Crippen molar-refractivity contribution in [2.45, 2.75) is 19.9 Å². The molecule has 4 rings (SSSR count). The molecule has 0 amide bonds. The van der Waals surface area contributed by atoms with Gasteiger partial charge in [-0.25, -0.2) is 0 Å². The Bertz CT molecular complexity index is 1000. The monoisotopic (exact) mass is 389 g/mol. The van der Waals surface area contributed by atoms with E-state index >= 15 is 0 Å². The molecule has 1 aromatic heterocycles. The minimum absolute atomic E-state index is 0.177. The van der Waals surface area contributed by atoms with Crippen molar-refractivity contribution in [2.24, 2.45) is 5.41 Å². The van der Waals surface area contributed by atoms with Crippen LogP contribution in [0, 0.1) is 5.41 Å². The highest BCUT2D eigenvalue weighted by Crippen LogP contribution is 2.53. The molecule has 0 radical (unpaired) electrons. The van der Waals surface area contributed by atoms with Gasteiger partial charge in [0.05, 0.1) is 18.6 Å². The Hall–Kier alpha value is -2.85. The van der Waals surface area contributed by atoms with Crippen LogP contribution in [0.15, 0.2) is 77.7 Å². The summed E-state index contributed by atoms with van der Waals surface area (Å²) in [6, 6.07) is 22.0. The summed E-state index contributed by atoms with van der Waals surface area (Å²) >= 11 is 1.66. The summed E-state index contributed by atoms with van der Waals surface area (Å²) < 4.78 is 5.26. The fourth-order valence-electron chi connectivity index (χ4n) is 3.83. The fraction of sp³-hybridized carbons (Fsp3) is 0.208. The number of ketones is 1. The number of Topliss-reactive ketones (excluding diaryl/α,β-unsaturated/α-hetero) is 1. The fourth-order valence-corrected chi connectivity index (χ4v) is 4.61. The third-order valence-electron chi connectivity index (χ3n) is 5.29. The molecule has 1 N–H and O–H groups in total. The van der Waals surface area contributed by atoms with Crippen LogP contribution in [0.4, 0.5) is 5.69 Å². The first-order valence-electron chi connectivity index (χ1n) is 9.31. The number of hydrogen-bond donors (Lipinski definition) is 1. The zero-order valence-corrected chi connectivity index (χ0v) is 17.0. The molecule has 0 saturated carbocycles. The molecular weight excluding hydrogens is 366 g/mol. The van der Waals surface area contributed by atoms with Crippen LogP contribution in [0.25, 0.3) is 5.57 Å². The molecule has 0 saturated heterocycles. The predicted molar refractivity (Wildman–Crippen MR) is 116 cm³/mol. The first-order chi connectivity index (χ1) is 13.5. The summed E-state index contributed by atoms with van der Waals surface area (Å²) in [4.78, 5) is 14.3. The Kier molecular flexibility index (Phi) is 4.82. The summed E-state index contributed by atoms with van der Waals surface area (Å²) in [6.45, 7) is 4.03. The smallest absolute Gasteiger partial charge is 0.171 e. The number of anilines is 1. The van der Waals surface area contributed by atoms with Crippen molar-refractivity contribution >= 4 is 28.4 Å². The molecule has 2 aromatic carbocycles. The minimum atomic E-state index is -0.478. The van der Waals surface area contributed by atoms with Crippen molar-refractivity contribution in [1.29, 1.82) is 0 Å². The summed E-state index contributed by atoms with van der Waals surface area (Å²) in [5.41, 5.74) is 3.57. The highest BCUT2D eigenvalue weighted by atomic mass is 32.1. The number of hydrogen-bond acceptors (Lipinski definition) is 4. The van der Waals surface area contributed by atoms with E-state index < -0.39 is 5.41 Å². The van der Waals surface area contributed by atoms with Crippen molar-refractivity contribution in [3.63, 3.8) is 0 Å². The van der Waals surface area contributed by atoms with E-state index in [1.165, 1.54) is 0 Å². The lowest BCUT2D eigenvalue weighted by Crippen LogP contribution is -2.42. The van der Waals surface area contributed by atoms with Crippen LogP contribution in [0.1, 0.15) is 30.3 Å². The van der Waals surface area contributed by atoms with Gasteiger partial charge in [-0.15, -0.1) is 11.3 Å². The number of ether oxygens (including phenoxy) is 1. The maximum Gasteiger partial charge on any atom is 0.171 e. The first-order valence-corrected chi connectivity index (χ1v) is 10.2. The van der Waals surface area contributed by atoms with Gasteiger partial charge in [0.25, 0.3) is 0 Å². The largest absolute Gasteiger partial charge is 0.497 e. The molecule has 1 aliphatic carbocycles. The number of allylic oxidation sites excluding steroid dienone is 1. The second kappa shape index (κ2) is 7.28. The van der Waals surface area contributed by atoms with Gasteiger partial charge in [-0.3, -0.25) is 4.79 Å². The van der Waals surface area contributed by atoms with Crippen LogP contribution in [0.3, 0.4) is 0 Å². The van der Waals surface area contributed by atoms with Crippen LogP contribution in [0.5, 0.6) is 5.75 Å². The molecule has 4 heteroatoms. The first kappa shape index (κ1) is 18.5. The molecule has 3 aromatic rings. The van der Waals surface area contributed by atoms with Crippen LogP contribution < -0.4 is 10.1 Å². The van der Waals surface area contributed by atoms with Crippen molar-refractivity contribution in [1.82, 2.24) is 0 Å². The van der Waals surface area contributed by atoms with Gasteiger partial charge in [0, 0.05) is 16.1 Å². The van der Waals surface area contributed by atoms with Crippen LogP contribution >= 0.6 is 11.3 Å². The maximum atomic E-state index is 13.2. The summed E-state index contributed by atoms with van der Waals surface area (Å²) in [6.07, 6.45) is 0. The number of carbonyl (C=O) groups is 1. The molecule has 0 fully saturated rings. The van der Waals surface area contributed by atoms with E-state index in [2.05, 4.69) is 28.9 Å². The number of rotatable bonds is 6. The topological polar surface area (TPSA) is 38.3 Å². The number of methoxy groups -OCH3 is 1. The Balaban J connectivity index is 1.80. The van der Waals surface area contributed by atoms with Crippen LogP contribution in [-0.4, -0.2) is 12.9 Å². The molecule has 28 heavy (non-hydrogen) atoms. The van der Waals surface area contributed by atoms with E-state index in [9.17, 15) is 4.79 Å². The van der Waals surface area contributed by atoms with Gasteiger partial charge in [0.1, 0.15) is 5.75 Å². The lowest BCUT2D eigenvalue weighted by atomic mass is 9.61. The SMILES string of the molecule is COc1ccc(NC(C2=C(c3ccccc3)C(C)(C)C2=O)c2cccs2)cc1. The molecule has 0 spiro atoms. The summed E-state index contributed by atoms with van der Waals surface area (Å²) in [5.74, 6) is 1.01. The van der Waals surface area contributed by atoms with Gasteiger partial charge in [-0.05, 0) is 60.7 Å². The molecule has 1 heterocycles. The standard InChI is InChI=1S/C24H23NO2S/c1-24(2)21(16-8-5-4-6-9-16)20(23(24)26)22(19-10-7-15-28-19)25-17-11-13-18(27-3)14-12-17/h4-15,22,25H,1-3H3. The van der Waals surface area contributed by atoms with Crippen molar-refractivity contribution in [3.05, 3.63) is 88.1 Å². The van der Waals surface area contributed by atoms with Gasteiger partial charge >= 0.3 is 0 Å². The quantitative estimate of drug-likeness (QED) is 0.564. The second-order valence-corrected chi connectivity index (χ2v) is 8.41. The van der Waals surface area contributed by atoms with Gasteiger partial charge < -0.3 is 10.1 Å². The van der Waals surface area contributed by atoms with Gasteiger partial charge in [0.15, 0.2) is 5.78 Å². The summed E-state index contributed by atoms with van der Waals surface area (Å²) in [5, 5.41) is 5.63. The lowest BCUT2D eigenvalue weighted by molar-refractivity contribution is -0.123. The predicted octanol–water partition coefficient (Wildman–Crippen LogP) is 5.97. The number of benzene rings is 2.